The van der Waals surface area contributed by atoms with E-state index in [2.05, 4.69) is 68.7 Å². The van der Waals surface area contributed by atoms with Crippen LogP contribution in [0.4, 0.5) is 0 Å². The van der Waals surface area contributed by atoms with Crippen LogP contribution in [0.15, 0.2) is 48.4 Å². The fourth-order valence-corrected chi connectivity index (χ4v) is 5.90. The van der Waals surface area contributed by atoms with E-state index in [1.54, 1.807) is 6.20 Å². The van der Waals surface area contributed by atoms with Crippen molar-refractivity contribution in [1.82, 2.24) is 9.88 Å². The molecule has 0 fully saturated rings. The normalized spacial score (nSPS) is 14.6. The zero-order valence-electron chi connectivity index (χ0n) is 14.3. The lowest BCUT2D eigenvalue weighted by atomic mass is 10.0. The monoisotopic (exact) mass is 646 g/mol. The highest BCUT2D eigenvalue weighted by molar-refractivity contribution is 9.15. The Morgan fingerprint density at radius 3 is 2.07 bits per heavy atom. The van der Waals surface area contributed by atoms with Crippen molar-refractivity contribution in [2.45, 2.75) is 12.5 Å². The van der Waals surface area contributed by atoms with E-state index < -0.39 is 23.8 Å². The molecule has 0 bridgehead atoms. The van der Waals surface area contributed by atoms with E-state index in [1.165, 1.54) is 0 Å². The summed E-state index contributed by atoms with van der Waals surface area (Å²) in [5, 5.41) is 10.7. The minimum atomic E-state index is -1.35. The third-order valence-electron chi connectivity index (χ3n) is 4.82. The second-order valence-corrected chi connectivity index (χ2v) is 9.58. The average molecular weight is 650 g/mol. The lowest BCUT2D eigenvalue weighted by Gasteiger charge is -2.22. The number of benzene rings is 2. The van der Waals surface area contributed by atoms with Crippen LogP contribution in [0, 0.1) is 0 Å². The topological polar surface area (TPSA) is 90.5 Å². The van der Waals surface area contributed by atoms with Gasteiger partial charge in [0.05, 0.1) is 11.1 Å². The van der Waals surface area contributed by atoms with Crippen molar-refractivity contribution in [3.8, 4) is 0 Å². The number of carboxylic acids is 1. The standard InChI is InChI=1S/C19H10Br4N2O4/c20-13-11-12(14(21)16(23)15(13)22)18(27)25(17(11)26)10(19(28)29)5-7-6-24-9-4-2-1-3-8(7)9/h1-4,6,10,24H,5H2,(H,28,29)/t10-/m0/s1. The van der Waals surface area contributed by atoms with E-state index in [9.17, 15) is 19.5 Å². The molecule has 2 aromatic carbocycles. The highest BCUT2D eigenvalue weighted by Gasteiger charge is 2.46. The van der Waals surface area contributed by atoms with Crippen molar-refractivity contribution < 1.29 is 19.5 Å². The van der Waals surface area contributed by atoms with Gasteiger partial charge >= 0.3 is 5.97 Å². The Morgan fingerprint density at radius 1 is 0.966 bits per heavy atom. The van der Waals surface area contributed by atoms with E-state index in [4.69, 9.17) is 0 Å². The quantitative estimate of drug-likeness (QED) is 0.222. The van der Waals surface area contributed by atoms with Gasteiger partial charge in [-0.3, -0.25) is 14.5 Å². The molecule has 0 radical (unpaired) electrons. The number of rotatable bonds is 4. The Hall–Kier alpha value is -1.49. The Bertz CT molecular complexity index is 1170. The molecule has 3 aromatic rings. The lowest BCUT2D eigenvalue weighted by molar-refractivity contribution is -0.141. The number of aliphatic carboxylic acids is 1. The predicted molar refractivity (Wildman–Crippen MR) is 121 cm³/mol. The number of hydrogen-bond acceptors (Lipinski definition) is 3. The van der Waals surface area contributed by atoms with Crippen molar-refractivity contribution in [2.75, 3.05) is 0 Å². The molecule has 10 heteroatoms. The van der Waals surface area contributed by atoms with E-state index >= 15 is 0 Å². The molecular weight excluding hydrogens is 640 g/mol. The smallest absolute Gasteiger partial charge is 0.327 e. The Labute approximate surface area is 198 Å². The summed E-state index contributed by atoms with van der Waals surface area (Å²) in [5.74, 6) is -2.56. The van der Waals surface area contributed by atoms with Gasteiger partial charge in [0.1, 0.15) is 6.04 Å². The molecule has 1 aromatic heterocycles. The van der Waals surface area contributed by atoms with Gasteiger partial charge in [0.25, 0.3) is 11.8 Å². The number of carboxylic acid groups (broad SMARTS) is 1. The summed E-state index contributed by atoms with van der Waals surface area (Å²) in [6, 6.07) is 6.11. The first-order valence-electron chi connectivity index (χ1n) is 8.25. The number of H-pyrrole nitrogens is 1. The summed E-state index contributed by atoms with van der Waals surface area (Å²) in [6.07, 6.45) is 1.69. The maximum atomic E-state index is 13.1. The molecule has 2 amide bonds. The number of carbonyl (C=O) groups excluding carboxylic acids is 2. The first kappa shape index (κ1) is 20.8. The average Bonchev–Trinajstić information content (AvgIpc) is 3.21. The van der Waals surface area contributed by atoms with Crippen molar-refractivity contribution >= 4 is 92.4 Å². The number of para-hydroxylation sites is 1. The number of carbonyl (C=O) groups is 3. The van der Waals surface area contributed by atoms with Crippen LogP contribution in [-0.4, -0.2) is 38.8 Å². The van der Waals surface area contributed by atoms with Gasteiger partial charge in [-0.15, -0.1) is 0 Å². The highest BCUT2D eigenvalue weighted by atomic mass is 79.9. The molecule has 2 N–H and O–H groups in total. The number of imide groups is 1. The minimum absolute atomic E-state index is 0.0115. The number of fused-ring (bicyclic) bond motifs is 2. The van der Waals surface area contributed by atoms with E-state index in [-0.39, 0.29) is 17.5 Å². The number of hydrogen-bond donors (Lipinski definition) is 2. The molecular formula is C19H10Br4N2O4. The Morgan fingerprint density at radius 2 is 1.52 bits per heavy atom. The molecule has 29 heavy (non-hydrogen) atoms. The largest absolute Gasteiger partial charge is 0.480 e. The SMILES string of the molecule is O=C(O)[C@H](Cc1c[nH]c2ccccc12)N1C(=O)c2c(Br)c(Br)c(Br)c(Br)c2C1=O. The van der Waals surface area contributed by atoms with E-state index in [0.717, 1.165) is 15.8 Å². The van der Waals surface area contributed by atoms with Gasteiger partial charge in [-0.25, -0.2) is 4.79 Å². The first-order chi connectivity index (χ1) is 13.7. The van der Waals surface area contributed by atoms with Crippen LogP contribution in [0.2, 0.25) is 0 Å². The molecule has 0 saturated heterocycles. The summed E-state index contributed by atoms with van der Waals surface area (Å²) in [7, 11) is 0. The van der Waals surface area contributed by atoms with Crippen LogP contribution in [0.1, 0.15) is 26.3 Å². The second-order valence-electron chi connectivity index (χ2n) is 6.40. The predicted octanol–water partition coefficient (Wildman–Crippen LogP) is 5.51. The van der Waals surface area contributed by atoms with Crippen molar-refractivity contribution in [3.63, 3.8) is 0 Å². The van der Waals surface area contributed by atoms with Gasteiger partial charge in [-0.2, -0.15) is 0 Å². The molecule has 2 heterocycles. The van der Waals surface area contributed by atoms with Crippen LogP contribution in [-0.2, 0) is 11.2 Å². The van der Waals surface area contributed by atoms with Gasteiger partial charge in [-0.05, 0) is 75.3 Å². The fraction of sp³-hybridized carbons (Fsp3) is 0.105. The molecule has 0 saturated carbocycles. The molecule has 0 aliphatic carbocycles. The maximum Gasteiger partial charge on any atom is 0.327 e. The highest BCUT2D eigenvalue weighted by Crippen LogP contribution is 2.45. The van der Waals surface area contributed by atoms with Gasteiger partial charge in [0, 0.05) is 41.4 Å². The molecule has 148 valence electrons. The number of nitrogens with zero attached hydrogens (tertiary/aromatic N) is 1. The van der Waals surface area contributed by atoms with Gasteiger partial charge in [-0.1, -0.05) is 18.2 Å². The number of nitrogens with one attached hydrogen (secondary N) is 1. The van der Waals surface area contributed by atoms with Crippen molar-refractivity contribution in [2.24, 2.45) is 0 Å². The van der Waals surface area contributed by atoms with Crippen LogP contribution < -0.4 is 0 Å². The zero-order valence-corrected chi connectivity index (χ0v) is 20.6. The summed E-state index contributed by atoms with van der Waals surface area (Å²) >= 11 is 13.4. The first-order valence-corrected chi connectivity index (χ1v) is 11.4. The van der Waals surface area contributed by atoms with E-state index in [0.29, 0.717) is 23.5 Å². The second kappa shape index (κ2) is 7.64. The Balaban J connectivity index is 1.80. The number of aromatic amines is 1. The zero-order chi connectivity index (χ0) is 21.0. The molecule has 0 unspecified atom stereocenters. The Kier molecular flexibility index (Phi) is 5.47. The number of halogens is 4. The van der Waals surface area contributed by atoms with Gasteiger partial charge < -0.3 is 10.1 Å². The van der Waals surface area contributed by atoms with Gasteiger partial charge in [0.15, 0.2) is 0 Å². The van der Waals surface area contributed by atoms with Crippen LogP contribution in [0.25, 0.3) is 10.9 Å². The van der Waals surface area contributed by atoms with Crippen LogP contribution in [0.3, 0.4) is 0 Å². The molecule has 1 aliphatic rings. The van der Waals surface area contributed by atoms with Crippen molar-refractivity contribution in [3.05, 3.63) is 65.0 Å². The van der Waals surface area contributed by atoms with Crippen LogP contribution in [0.5, 0.6) is 0 Å². The summed E-state index contributed by atoms with van der Waals surface area (Å²) in [4.78, 5) is 42.3. The number of amides is 2. The third kappa shape index (κ3) is 3.20. The fourth-order valence-electron chi connectivity index (χ4n) is 3.45. The van der Waals surface area contributed by atoms with Gasteiger partial charge in [0.2, 0.25) is 0 Å². The number of aromatic nitrogens is 1. The molecule has 1 atom stereocenters. The van der Waals surface area contributed by atoms with Crippen LogP contribution >= 0.6 is 63.7 Å². The summed E-state index contributed by atoms with van der Waals surface area (Å²) in [6.45, 7) is 0. The third-order valence-corrected chi connectivity index (χ3v) is 9.59. The molecule has 4 rings (SSSR count). The maximum absolute atomic E-state index is 13.1. The summed E-state index contributed by atoms with van der Waals surface area (Å²) < 4.78 is 1.88. The molecule has 0 spiro atoms. The molecule has 6 nitrogen and oxygen atoms in total. The summed E-state index contributed by atoms with van der Waals surface area (Å²) in [5.41, 5.74) is 1.82. The minimum Gasteiger partial charge on any atom is -0.480 e. The lowest BCUT2D eigenvalue weighted by Crippen LogP contribution is -2.46. The van der Waals surface area contributed by atoms with E-state index in [1.807, 2.05) is 24.3 Å². The molecule has 1 aliphatic heterocycles. The van der Waals surface area contributed by atoms with Crippen molar-refractivity contribution in [1.29, 1.82) is 0 Å².